The molecule has 0 unspecified atom stereocenters. The van der Waals surface area contributed by atoms with Gasteiger partial charge < -0.3 is 9.80 Å². The average molecular weight is 351 g/mol. The Morgan fingerprint density at radius 3 is 2.44 bits per heavy atom. The van der Waals surface area contributed by atoms with E-state index in [0.29, 0.717) is 0 Å². The summed E-state index contributed by atoms with van der Waals surface area (Å²) in [5, 5.41) is 1.07. The fraction of sp³-hybridized carbons (Fsp3) is 0.300. The van der Waals surface area contributed by atoms with Crippen LogP contribution in [0.5, 0.6) is 0 Å². The van der Waals surface area contributed by atoms with Crippen molar-refractivity contribution < 1.29 is 4.79 Å². The SMILES string of the molecule is Cc1ccc2sc(N3CCN(C(=O)c4ccccc4)CC3)nc2c1C. The molecule has 1 amide bonds. The maximum atomic E-state index is 12.6. The number of carbonyl (C=O) groups is 1. The first-order valence-electron chi connectivity index (χ1n) is 8.59. The summed E-state index contributed by atoms with van der Waals surface area (Å²) in [7, 11) is 0. The summed E-state index contributed by atoms with van der Waals surface area (Å²) in [5.74, 6) is 0.121. The smallest absolute Gasteiger partial charge is 0.253 e. The molecule has 0 aliphatic carbocycles. The van der Waals surface area contributed by atoms with Gasteiger partial charge in [0.25, 0.3) is 5.91 Å². The Balaban J connectivity index is 1.49. The zero-order chi connectivity index (χ0) is 17.4. The van der Waals surface area contributed by atoms with Crippen LogP contribution in [0.1, 0.15) is 21.5 Å². The zero-order valence-corrected chi connectivity index (χ0v) is 15.3. The number of rotatable bonds is 2. The molecule has 25 heavy (non-hydrogen) atoms. The van der Waals surface area contributed by atoms with Crippen molar-refractivity contribution in [2.45, 2.75) is 13.8 Å². The number of amides is 1. The molecule has 0 radical (unpaired) electrons. The molecule has 1 aliphatic heterocycles. The van der Waals surface area contributed by atoms with Crippen molar-refractivity contribution in [2.24, 2.45) is 0 Å². The predicted octanol–water partition coefficient (Wildman–Crippen LogP) is 3.88. The summed E-state index contributed by atoms with van der Waals surface area (Å²) < 4.78 is 1.24. The largest absolute Gasteiger partial charge is 0.345 e. The Kier molecular flexibility index (Phi) is 4.17. The fourth-order valence-electron chi connectivity index (χ4n) is 3.21. The number of hydrogen-bond donors (Lipinski definition) is 0. The van der Waals surface area contributed by atoms with E-state index in [1.165, 1.54) is 15.8 Å². The normalized spacial score (nSPS) is 15.0. The molecule has 0 spiro atoms. The number of hydrogen-bond acceptors (Lipinski definition) is 4. The first-order valence-corrected chi connectivity index (χ1v) is 9.41. The Labute approximate surface area is 151 Å². The van der Waals surface area contributed by atoms with Gasteiger partial charge in [0, 0.05) is 31.7 Å². The second-order valence-corrected chi connectivity index (χ2v) is 7.51. The fourth-order valence-corrected chi connectivity index (χ4v) is 4.29. The summed E-state index contributed by atoms with van der Waals surface area (Å²) in [6, 6.07) is 13.8. The second kappa shape index (κ2) is 6.48. The van der Waals surface area contributed by atoms with Crippen LogP contribution < -0.4 is 4.90 Å². The van der Waals surface area contributed by atoms with Crippen LogP contribution in [0.3, 0.4) is 0 Å². The lowest BCUT2D eigenvalue weighted by molar-refractivity contribution is 0.0747. The molecule has 1 aliphatic rings. The lowest BCUT2D eigenvalue weighted by Gasteiger charge is -2.34. The number of carbonyl (C=O) groups excluding carboxylic acids is 1. The maximum absolute atomic E-state index is 12.6. The predicted molar refractivity (Wildman–Crippen MR) is 104 cm³/mol. The summed E-state index contributed by atoms with van der Waals surface area (Å²) in [4.78, 5) is 21.7. The van der Waals surface area contributed by atoms with Crippen LogP contribution in [-0.2, 0) is 0 Å². The van der Waals surface area contributed by atoms with Gasteiger partial charge in [-0.2, -0.15) is 0 Å². The minimum Gasteiger partial charge on any atom is -0.345 e. The van der Waals surface area contributed by atoms with Crippen molar-refractivity contribution in [1.29, 1.82) is 0 Å². The Morgan fingerprint density at radius 2 is 1.72 bits per heavy atom. The standard InChI is InChI=1S/C20H21N3OS/c1-14-8-9-17-18(15(14)2)21-20(25-17)23-12-10-22(11-13-23)19(24)16-6-4-3-5-7-16/h3-9H,10-13H2,1-2H3. The van der Waals surface area contributed by atoms with Gasteiger partial charge in [-0.05, 0) is 43.2 Å². The number of thiazole rings is 1. The van der Waals surface area contributed by atoms with Crippen LogP contribution in [0, 0.1) is 13.8 Å². The van der Waals surface area contributed by atoms with E-state index in [2.05, 4.69) is 30.9 Å². The van der Waals surface area contributed by atoms with Crippen molar-refractivity contribution in [1.82, 2.24) is 9.88 Å². The van der Waals surface area contributed by atoms with Crippen LogP contribution in [0.15, 0.2) is 42.5 Å². The first-order chi connectivity index (χ1) is 12.1. The molecule has 2 heterocycles. The highest BCUT2D eigenvalue weighted by atomic mass is 32.1. The third-order valence-corrected chi connectivity index (χ3v) is 6.01. The van der Waals surface area contributed by atoms with E-state index in [4.69, 9.17) is 4.98 Å². The quantitative estimate of drug-likeness (QED) is 0.703. The molecule has 0 bridgehead atoms. The molecule has 1 aromatic heterocycles. The van der Waals surface area contributed by atoms with E-state index in [1.54, 1.807) is 11.3 Å². The van der Waals surface area contributed by atoms with E-state index < -0.39 is 0 Å². The van der Waals surface area contributed by atoms with Crippen molar-refractivity contribution in [3.05, 3.63) is 59.2 Å². The molecule has 4 rings (SSSR count). The van der Waals surface area contributed by atoms with Crippen LogP contribution >= 0.6 is 11.3 Å². The molecule has 1 saturated heterocycles. The van der Waals surface area contributed by atoms with Gasteiger partial charge >= 0.3 is 0 Å². The van der Waals surface area contributed by atoms with E-state index in [9.17, 15) is 4.79 Å². The van der Waals surface area contributed by atoms with Crippen molar-refractivity contribution in [3.8, 4) is 0 Å². The summed E-state index contributed by atoms with van der Waals surface area (Å²) in [6.45, 7) is 7.40. The third-order valence-electron chi connectivity index (χ3n) is 4.93. The summed E-state index contributed by atoms with van der Waals surface area (Å²) in [5.41, 5.74) is 4.42. The number of nitrogens with zero attached hydrogens (tertiary/aromatic N) is 3. The molecule has 128 valence electrons. The first kappa shape index (κ1) is 16.1. The molecule has 0 atom stereocenters. The summed E-state index contributed by atoms with van der Waals surface area (Å²) in [6.07, 6.45) is 0. The van der Waals surface area contributed by atoms with Crippen LogP contribution in [0.2, 0.25) is 0 Å². The zero-order valence-electron chi connectivity index (χ0n) is 14.5. The maximum Gasteiger partial charge on any atom is 0.253 e. The number of benzene rings is 2. The molecule has 3 aromatic rings. The van der Waals surface area contributed by atoms with Crippen molar-refractivity contribution >= 4 is 32.6 Å². The number of piperazine rings is 1. The van der Waals surface area contributed by atoms with E-state index in [1.807, 2.05) is 35.2 Å². The van der Waals surface area contributed by atoms with Crippen molar-refractivity contribution in [2.75, 3.05) is 31.1 Å². The van der Waals surface area contributed by atoms with Gasteiger partial charge in [-0.25, -0.2) is 4.98 Å². The minimum absolute atomic E-state index is 0.121. The Hall–Kier alpha value is -2.40. The van der Waals surface area contributed by atoms with Crippen molar-refractivity contribution in [3.63, 3.8) is 0 Å². The molecular weight excluding hydrogens is 330 g/mol. The van der Waals surface area contributed by atoms with Crippen LogP contribution in [-0.4, -0.2) is 42.0 Å². The lowest BCUT2D eigenvalue weighted by atomic mass is 10.1. The molecular formula is C20H21N3OS. The summed E-state index contributed by atoms with van der Waals surface area (Å²) >= 11 is 1.74. The lowest BCUT2D eigenvalue weighted by Crippen LogP contribution is -2.48. The van der Waals surface area contributed by atoms with E-state index >= 15 is 0 Å². The van der Waals surface area contributed by atoms with Gasteiger partial charge in [0.1, 0.15) is 0 Å². The molecule has 2 aromatic carbocycles. The molecule has 1 fully saturated rings. The topological polar surface area (TPSA) is 36.4 Å². The average Bonchev–Trinajstić information content (AvgIpc) is 3.10. The van der Waals surface area contributed by atoms with Gasteiger partial charge in [-0.15, -0.1) is 0 Å². The number of fused-ring (bicyclic) bond motifs is 1. The molecule has 5 heteroatoms. The minimum atomic E-state index is 0.121. The number of anilines is 1. The number of aromatic nitrogens is 1. The highest BCUT2D eigenvalue weighted by Gasteiger charge is 2.24. The van der Waals surface area contributed by atoms with Gasteiger partial charge in [0.2, 0.25) is 0 Å². The number of aryl methyl sites for hydroxylation is 2. The molecule has 0 saturated carbocycles. The van der Waals surface area contributed by atoms with Gasteiger partial charge in [0.15, 0.2) is 5.13 Å². The molecule has 0 N–H and O–H groups in total. The second-order valence-electron chi connectivity index (χ2n) is 6.50. The Bertz CT molecular complexity index is 911. The Morgan fingerprint density at radius 1 is 1.00 bits per heavy atom. The van der Waals surface area contributed by atoms with Gasteiger partial charge in [-0.3, -0.25) is 4.79 Å². The van der Waals surface area contributed by atoms with Crippen LogP contribution in [0.4, 0.5) is 5.13 Å². The van der Waals surface area contributed by atoms with Gasteiger partial charge in [0.05, 0.1) is 10.2 Å². The van der Waals surface area contributed by atoms with E-state index in [-0.39, 0.29) is 5.91 Å². The molecule has 4 nitrogen and oxygen atoms in total. The monoisotopic (exact) mass is 351 g/mol. The van der Waals surface area contributed by atoms with E-state index in [0.717, 1.165) is 42.4 Å². The highest BCUT2D eigenvalue weighted by molar-refractivity contribution is 7.22. The van der Waals surface area contributed by atoms with Crippen LogP contribution in [0.25, 0.3) is 10.2 Å². The van der Waals surface area contributed by atoms with Gasteiger partial charge in [-0.1, -0.05) is 35.6 Å². The highest BCUT2D eigenvalue weighted by Crippen LogP contribution is 2.32. The third kappa shape index (κ3) is 3.00.